The van der Waals surface area contributed by atoms with Gasteiger partial charge in [0.15, 0.2) is 5.41 Å². The SMILES string of the molecule is CC[C@@]12OC(=N)[C@@](C#N)([C@@H]1C)C(C#N)(C#N)[C@H](c1ccc(OC)cc1)O2. The summed E-state index contributed by atoms with van der Waals surface area (Å²) in [7, 11) is 1.54. The van der Waals surface area contributed by atoms with Gasteiger partial charge < -0.3 is 14.2 Å². The minimum atomic E-state index is -1.91. The van der Waals surface area contributed by atoms with Gasteiger partial charge in [-0.3, -0.25) is 5.41 Å². The first-order valence-corrected chi connectivity index (χ1v) is 8.25. The summed E-state index contributed by atoms with van der Waals surface area (Å²) >= 11 is 0. The van der Waals surface area contributed by atoms with Gasteiger partial charge in [0.05, 0.1) is 31.2 Å². The predicted octanol–water partition coefficient (Wildman–Crippen LogP) is 3.06. The molecule has 0 saturated carbocycles. The third-order valence-electron chi connectivity index (χ3n) is 5.72. The highest BCUT2D eigenvalue weighted by Gasteiger charge is 2.78. The summed E-state index contributed by atoms with van der Waals surface area (Å²) in [6.07, 6.45) is -0.665. The van der Waals surface area contributed by atoms with Gasteiger partial charge in [-0.25, -0.2) is 0 Å². The molecule has 2 heterocycles. The molecule has 0 amide bonds. The van der Waals surface area contributed by atoms with Crippen LogP contribution in [0.2, 0.25) is 0 Å². The maximum Gasteiger partial charge on any atom is 0.217 e. The molecule has 2 fully saturated rings. The van der Waals surface area contributed by atoms with Gasteiger partial charge in [-0.1, -0.05) is 26.0 Å². The van der Waals surface area contributed by atoms with Crippen molar-refractivity contribution in [2.75, 3.05) is 7.11 Å². The normalized spacial score (nSPS) is 34.1. The Morgan fingerprint density at radius 2 is 1.77 bits per heavy atom. The summed E-state index contributed by atoms with van der Waals surface area (Å²) in [5.41, 5.74) is -3.08. The molecule has 1 N–H and O–H groups in total. The molecule has 0 aliphatic carbocycles. The van der Waals surface area contributed by atoms with Crippen molar-refractivity contribution in [1.82, 2.24) is 0 Å². The first-order chi connectivity index (χ1) is 12.4. The minimum absolute atomic E-state index is 0.375. The monoisotopic (exact) mass is 350 g/mol. The smallest absolute Gasteiger partial charge is 0.217 e. The van der Waals surface area contributed by atoms with E-state index >= 15 is 0 Å². The van der Waals surface area contributed by atoms with Crippen molar-refractivity contribution in [1.29, 1.82) is 21.2 Å². The van der Waals surface area contributed by atoms with E-state index in [2.05, 4.69) is 6.07 Å². The largest absolute Gasteiger partial charge is 0.497 e. The quantitative estimate of drug-likeness (QED) is 0.893. The Bertz CT molecular complexity index is 862. The van der Waals surface area contributed by atoms with E-state index in [0.29, 0.717) is 17.7 Å². The van der Waals surface area contributed by atoms with E-state index in [1.54, 1.807) is 31.2 Å². The summed E-state index contributed by atoms with van der Waals surface area (Å²) in [5.74, 6) is -1.64. The van der Waals surface area contributed by atoms with Gasteiger partial charge in [0, 0.05) is 6.42 Å². The van der Waals surface area contributed by atoms with E-state index < -0.39 is 28.6 Å². The lowest BCUT2D eigenvalue weighted by atomic mass is 9.53. The van der Waals surface area contributed by atoms with Crippen LogP contribution in [0.5, 0.6) is 5.75 Å². The second-order valence-corrected chi connectivity index (χ2v) is 6.54. The zero-order valence-electron chi connectivity index (χ0n) is 14.7. The lowest BCUT2D eigenvalue weighted by Gasteiger charge is -2.48. The van der Waals surface area contributed by atoms with Crippen LogP contribution in [0.15, 0.2) is 24.3 Å². The van der Waals surface area contributed by atoms with E-state index in [-0.39, 0.29) is 5.90 Å². The second kappa shape index (κ2) is 5.73. The molecule has 0 aromatic heterocycles. The van der Waals surface area contributed by atoms with Crippen LogP contribution in [0.3, 0.4) is 0 Å². The molecule has 2 aliphatic heterocycles. The van der Waals surface area contributed by atoms with Gasteiger partial charge in [0.1, 0.15) is 11.9 Å². The van der Waals surface area contributed by atoms with E-state index in [9.17, 15) is 15.8 Å². The first kappa shape index (κ1) is 17.7. The van der Waals surface area contributed by atoms with E-state index in [1.807, 2.05) is 19.1 Å². The molecule has 4 atom stereocenters. The third-order valence-corrected chi connectivity index (χ3v) is 5.72. The topological polar surface area (TPSA) is 123 Å². The molecule has 0 unspecified atom stereocenters. The highest BCUT2D eigenvalue weighted by molar-refractivity contribution is 5.89. The molecule has 26 heavy (non-hydrogen) atoms. The maximum atomic E-state index is 10.0. The Morgan fingerprint density at radius 3 is 2.23 bits per heavy atom. The Labute approximate surface area is 151 Å². The van der Waals surface area contributed by atoms with Crippen LogP contribution in [0, 0.1) is 56.2 Å². The van der Waals surface area contributed by atoms with E-state index in [1.165, 1.54) is 7.11 Å². The Morgan fingerprint density at radius 1 is 1.15 bits per heavy atom. The molecule has 2 bridgehead atoms. The number of hydrogen-bond donors (Lipinski definition) is 1. The molecule has 0 radical (unpaired) electrons. The van der Waals surface area contributed by atoms with Crippen molar-refractivity contribution in [3.8, 4) is 24.0 Å². The molecular formula is C19H18N4O3. The number of benzene rings is 1. The number of nitriles is 3. The molecule has 3 rings (SSSR count). The summed E-state index contributed by atoms with van der Waals surface area (Å²) in [6.45, 7) is 3.52. The number of nitrogens with one attached hydrogen (secondary N) is 1. The van der Waals surface area contributed by atoms with Crippen LogP contribution in [-0.4, -0.2) is 18.8 Å². The van der Waals surface area contributed by atoms with Crippen LogP contribution in [-0.2, 0) is 9.47 Å². The lowest BCUT2D eigenvalue weighted by Crippen LogP contribution is -2.58. The zero-order chi connectivity index (χ0) is 19.2. The van der Waals surface area contributed by atoms with Gasteiger partial charge in [-0.2, -0.15) is 15.8 Å². The van der Waals surface area contributed by atoms with Crippen LogP contribution in [0.25, 0.3) is 0 Å². The Hall–Kier alpha value is -3.08. The van der Waals surface area contributed by atoms with Crippen LogP contribution >= 0.6 is 0 Å². The van der Waals surface area contributed by atoms with E-state index in [4.69, 9.17) is 19.6 Å². The minimum Gasteiger partial charge on any atom is -0.497 e. The number of methoxy groups -OCH3 is 1. The van der Waals surface area contributed by atoms with Crippen molar-refractivity contribution in [2.24, 2.45) is 16.7 Å². The summed E-state index contributed by atoms with van der Waals surface area (Å²) in [6, 6.07) is 12.9. The maximum absolute atomic E-state index is 10.0. The predicted molar refractivity (Wildman–Crippen MR) is 89.5 cm³/mol. The van der Waals surface area contributed by atoms with Crippen LogP contribution in [0.1, 0.15) is 31.9 Å². The highest BCUT2D eigenvalue weighted by atomic mass is 16.7. The van der Waals surface area contributed by atoms with Crippen molar-refractivity contribution in [3.05, 3.63) is 29.8 Å². The Balaban J connectivity index is 2.28. The number of hydrogen-bond acceptors (Lipinski definition) is 7. The van der Waals surface area contributed by atoms with Crippen molar-refractivity contribution in [2.45, 2.75) is 32.2 Å². The molecule has 1 aromatic rings. The average Bonchev–Trinajstić information content (AvgIpc) is 2.84. The van der Waals surface area contributed by atoms with Crippen LogP contribution in [0.4, 0.5) is 0 Å². The number of ether oxygens (including phenoxy) is 3. The summed E-state index contributed by atoms with van der Waals surface area (Å²) < 4.78 is 17.0. The molecule has 7 nitrogen and oxygen atoms in total. The Kier molecular flexibility index (Phi) is 3.91. The molecule has 7 heteroatoms. The first-order valence-electron chi connectivity index (χ1n) is 8.25. The van der Waals surface area contributed by atoms with Gasteiger partial charge in [0.2, 0.25) is 17.1 Å². The van der Waals surface area contributed by atoms with Gasteiger partial charge in [0.25, 0.3) is 0 Å². The summed E-state index contributed by atoms with van der Waals surface area (Å²) in [5, 5.41) is 38.3. The third kappa shape index (κ3) is 1.80. The van der Waals surface area contributed by atoms with Crippen LogP contribution < -0.4 is 4.74 Å². The standard InChI is InChI=1S/C19H18N4O3/c1-4-19-12(2)18(11-22,16(23)26-19)17(9-20,10-21)15(25-19)13-5-7-14(24-3)8-6-13/h5-8,12,15,23H,4H2,1-3H3/t12-,15-,18+,19+/m0/s1. The average molecular weight is 350 g/mol. The second-order valence-electron chi connectivity index (χ2n) is 6.54. The molecule has 2 aliphatic rings. The van der Waals surface area contributed by atoms with Crippen molar-refractivity contribution in [3.63, 3.8) is 0 Å². The van der Waals surface area contributed by atoms with Crippen molar-refractivity contribution >= 4 is 5.90 Å². The fourth-order valence-corrected chi connectivity index (χ4v) is 4.12. The summed E-state index contributed by atoms with van der Waals surface area (Å²) in [4.78, 5) is 0. The van der Waals surface area contributed by atoms with Crippen molar-refractivity contribution < 1.29 is 14.2 Å². The fourth-order valence-electron chi connectivity index (χ4n) is 4.12. The molecule has 132 valence electrons. The fraction of sp³-hybridized carbons (Fsp3) is 0.474. The molecule has 0 spiro atoms. The number of fused-ring (bicyclic) bond motifs is 2. The molecular weight excluding hydrogens is 332 g/mol. The number of rotatable bonds is 3. The highest BCUT2D eigenvalue weighted by Crippen LogP contribution is 2.66. The lowest BCUT2D eigenvalue weighted by molar-refractivity contribution is -0.280. The van der Waals surface area contributed by atoms with Gasteiger partial charge >= 0.3 is 0 Å². The van der Waals surface area contributed by atoms with Gasteiger partial charge in [-0.05, 0) is 17.7 Å². The molecule has 2 saturated heterocycles. The van der Waals surface area contributed by atoms with Gasteiger partial charge in [-0.15, -0.1) is 0 Å². The number of nitrogens with zero attached hydrogens (tertiary/aromatic N) is 3. The zero-order valence-corrected chi connectivity index (χ0v) is 14.7. The molecule has 1 aromatic carbocycles. The van der Waals surface area contributed by atoms with E-state index in [0.717, 1.165) is 0 Å².